The molecule has 0 rings (SSSR count). The quantitative estimate of drug-likeness (QED) is 0.391. The third kappa shape index (κ3) is 11.6. The Bertz CT molecular complexity index is 81.0. The van der Waals surface area contributed by atoms with Crippen molar-refractivity contribution < 1.29 is 4.79 Å². The molecule has 0 atom stereocenters. The maximum absolute atomic E-state index is 10.0. The minimum absolute atomic E-state index is 0. The lowest BCUT2D eigenvalue weighted by molar-refractivity contribution is -0.117. The second-order valence-corrected chi connectivity index (χ2v) is 1.81. The van der Waals surface area contributed by atoms with Gasteiger partial charge in [-0.25, -0.2) is 0 Å². The van der Waals surface area contributed by atoms with Gasteiger partial charge in [-0.2, -0.15) is 12.6 Å². The van der Waals surface area contributed by atoms with Crippen molar-refractivity contribution in [3.63, 3.8) is 0 Å². The molecule has 0 radical (unpaired) electrons. The number of hydrogen-bond donors (Lipinski definition) is 3. The van der Waals surface area contributed by atoms with E-state index >= 15 is 0 Å². The molecule has 0 fully saturated rings. The van der Waals surface area contributed by atoms with Gasteiger partial charge in [-0.3, -0.25) is 4.79 Å². The van der Waals surface area contributed by atoms with Crippen LogP contribution >= 0.6 is 25.0 Å². The predicted octanol–water partition coefficient (Wildman–Crippen LogP) is -0.587. The van der Waals surface area contributed by atoms with Crippen LogP contribution in [0.4, 0.5) is 0 Å². The summed E-state index contributed by atoms with van der Waals surface area (Å²) in [6.07, 6.45) is 0. The van der Waals surface area contributed by atoms with Crippen molar-refractivity contribution in [2.75, 3.05) is 18.8 Å². The van der Waals surface area contributed by atoms with Gasteiger partial charge in [-0.05, 0) is 0 Å². The van der Waals surface area contributed by atoms with Gasteiger partial charge < -0.3 is 11.1 Å². The fourth-order valence-corrected chi connectivity index (χ4v) is 0.449. The molecule has 0 saturated heterocycles. The van der Waals surface area contributed by atoms with Crippen LogP contribution in [-0.4, -0.2) is 24.7 Å². The summed E-state index contributed by atoms with van der Waals surface area (Å²) in [5.41, 5.74) is 4.81. The number of halogens is 1. The Morgan fingerprint density at radius 3 is 2.56 bits per heavy atom. The summed E-state index contributed by atoms with van der Waals surface area (Å²) in [7, 11) is 0. The van der Waals surface area contributed by atoms with Gasteiger partial charge in [0.1, 0.15) is 0 Å². The van der Waals surface area contributed by atoms with Gasteiger partial charge in [0.2, 0.25) is 5.91 Å². The van der Waals surface area contributed by atoms with Crippen molar-refractivity contribution in [1.29, 1.82) is 0 Å². The fraction of sp³-hybridized carbons (Fsp3) is 0.750. The standard InChI is InChI=1S/C4H10N2OS.ClH/c5-4(7)3-6-1-2-8;/h6,8H,1-3H2,(H2,5,7);1H. The smallest absolute Gasteiger partial charge is 0.231 e. The lowest BCUT2D eigenvalue weighted by Crippen LogP contribution is -2.29. The van der Waals surface area contributed by atoms with E-state index in [1.807, 2.05) is 0 Å². The maximum Gasteiger partial charge on any atom is 0.231 e. The molecular formula is C4H11ClN2OS. The van der Waals surface area contributed by atoms with Crippen LogP contribution in [-0.2, 0) is 4.79 Å². The predicted molar refractivity (Wildman–Crippen MR) is 43.2 cm³/mol. The Labute approximate surface area is 66.2 Å². The zero-order chi connectivity index (χ0) is 6.41. The normalized spacial score (nSPS) is 8.11. The number of carbonyl (C=O) groups excluding carboxylic acids is 1. The van der Waals surface area contributed by atoms with Crippen molar-refractivity contribution in [2.24, 2.45) is 5.73 Å². The summed E-state index contributed by atoms with van der Waals surface area (Å²) in [5.74, 6) is 0.402. The first-order chi connectivity index (χ1) is 3.77. The number of nitrogens with one attached hydrogen (secondary N) is 1. The molecule has 0 aromatic rings. The zero-order valence-corrected chi connectivity index (χ0v) is 6.67. The van der Waals surface area contributed by atoms with E-state index in [2.05, 4.69) is 17.9 Å². The van der Waals surface area contributed by atoms with Gasteiger partial charge in [0, 0.05) is 12.3 Å². The average molecular weight is 171 g/mol. The molecule has 0 aliphatic rings. The molecule has 9 heavy (non-hydrogen) atoms. The first-order valence-corrected chi connectivity index (χ1v) is 3.00. The van der Waals surface area contributed by atoms with Crippen molar-refractivity contribution >= 4 is 30.9 Å². The number of carbonyl (C=O) groups is 1. The summed E-state index contributed by atoms with van der Waals surface area (Å²) in [4.78, 5) is 10.0. The topological polar surface area (TPSA) is 55.1 Å². The van der Waals surface area contributed by atoms with E-state index in [4.69, 9.17) is 5.73 Å². The van der Waals surface area contributed by atoms with E-state index in [1.165, 1.54) is 0 Å². The molecule has 0 aliphatic heterocycles. The number of rotatable bonds is 4. The molecule has 0 heterocycles. The van der Waals surface area contributed by atoms with Gasteiger partial charge >= 0.3 is 0 Å². The summed E-state index contributed by atoms with van der Waals surface area (Å²) < 4.78 is 0. The van der Waals surface area contributed by atoms with E-state index < -0.39 is 0 Å². The second kappa shape index (κ2) is 8.07. The molecule has 3 N–H and O–H groups in total. The zero-order valence-electron chi connectivity index (χ0n) is 4.96. The average Bonchev–Trinajstić information content (AvgIpc) is 1.66. The fourth-order valence-electron chi connectivity index (χ4n) is 0.291. The third-order valence-corrected chi connectivity index (χ3v) is 0.811. The molecular weight excluding hydrogens is 160 g/mol. The first-order valence-electron chi connectivity index (χ1n) is 2.37. The molecule has 0 spiro atoms. The molecule has 5 heteroatoms. The van der Waals surface area contributed by atoms with Crippen LogP contribution < -0.4 is 11.1 Å². The summed E-state index contributed by atoms with van der Waals surface area (Å²) in [5, 5.41) is 2.78. The summed E-state index contributed by atoms with van der Waals surface area (Å²) >= 11 is 3.91. The second-order valence-electron chi connectivity index (χ2n) is 1.37. The molecule has 0 saturated carbocycles. The molecule has 0 aromatic carbocycles. The lowest BCUT2D eigenvalue weighted by atomic mass is 10.6. The van der Waals surface area contributed by atoms with Crippen molar-refractivity contribution in [3.8, 4) is 0 Å². The Morgan fingerprint density at radius 2 is 2.22 bits per heavy atom. The van der Waals surface area contributed by atoms with Gasteiger partial charge in [-0.15, -0.1) is 12.4 Å². The lowest BCUT2D eigenvalue weighted by Gasteiger charge is -1.94. The third-order valence-electron chi connectivity index (χ3n) is 0.588. The largest absolute Gasteiger partial charge is 0.369 e. The van der Waals surface area contributed by atoms with Crippen LogP contribution in [0.3, 0.4) is 0 Å². The van der Waals surface area contributed by atoms with Crippen molar-refractivity contribution in [3.05, 3.63) is 0 Å². The maximum atomic E-state index is 10.0. The number of hydrogen-bond acceptors (Lipinski definition) is 3. The van der Waals surface area contributed by atoms with Gasteiger partial charge in [0.05, 0.1) is 6.54 Å². The van der Waals surface area contributed by atoms with Crippen LogP contribution in [0.25, 0.3) is 0 Å². The number of nitrogens with two attached hydrogens (primary N) is 1. The molecule has 56 valence electrons. The van der Waals surface area contributed by atoms with Gasteiger partial charge in [0.25, 0.3) is 0 Å². The SMILES string of the molecule is Cl.NC(=O)CNCCS. The highest BCUT2D eigenvalue weighted by molar-refractivity contribution is 7.80. The molecule has 0 unspecified atom stereocenters. The number of amides is 1. The van der Waals surface area contributed by atoms with Gasteiger partial charge in [0.15, 0.2) is 0 Å². The van der Waals surface area contributed by atoms with Crippen LogP contribution in [0.2, 0.25) is 0 Å². The highest BCUT2D eigenvalue weighted by atomic mass is 35.5. The summed E-state index contributed by atoms with van der Waals surface area (Å²) in [6, 6.07) is 0. The van der Waals surface area contributed by atoms with Crippen molar-refractivity contribution in [1.82, 2.24) is 5.32 Å². The van der Waals surface area contributed by atoms with E-state index in [1.54, 1.807) is 0 Å². The Balaban J connectivity index is 0. The molecule has 3 nitrogen and oxygen atoms in total. The molecule has 0 bridgehead atoms. The Morgan fingerprint density at radius 1 is 1.67 bits per heavy atom. The molecule has 0 aromatic heterocycles. The van der Waals surface area contributed by atoms with Crippen LogP contribution in [0.1, 0.15) is 0 Å². The monoisotopic (exact) mass is 170 g/mol. The Hall–Kier alpha value is 0.0700. The number of primary amides is 1. The van der Waals surface area contributed by atoms with Gasteiger partial charge in [-0.1, -0.05) is 0 Å². The first kappa shape index (κ1) is 11.8. The highest BCUT2D eigenvalue weighted by Crippen LogP contribution is 1.66. The molecule has 1 amide bonds. The van der Waals surface area contributed by atoms with E-state index in [-0.39, 0.29) is 24.9 Å². The van der Waals surface area contributed by atoms with E-state index in [0.29, 0.717) is 0 Å². The van der Waals surface area contributed by atoms with Crippen LogP contribution in [0.5, 0.6) is 0 Å². The van der Waals surface area contributed by atoms with Crippen LogP contribution in [0.15, 0.2) is 0 Å². The van der Waals surface area contributed by atoms with Crippen LogP contribution in [0, 0.1) is 0 Å². The van der Waals surface area contributed by atoms with E-state index in [9.17, 15) is 4.79 Å². The summed E-state index contributed by atoms with van der Waals surface area (Å²) in [6.45, 7) is 0.979. The minimum atomic E-state index is -0.327. The van der Waals surface area contributed by atoms with E-state index in [0.717, 1.165) is 12.3 Å². The molecule has 0 aliphatic carbocycles. The van der Waals surface area contributed by atoms with Crippen molar-refractivity contribution in [2.45, 2.75) is 0 Å². The minimum Gasteiger partial charge on any atom is -0.369 e. The number of thiol groups is 1. The Kier molecular flexibility index (Phi) is 10.6. The highest BCUT2D eigenvalue weighted by Gasteiger charge is 1.88.